The Kier molecular flexibility index (Phi) is 7.12. The number of nitrogens with one attached hydrogen (secondary N) is 1. The molecule has 2 atom stereocenters. The number of quaternary nitrogens is 1. The van der Waals surface area contributed by atoms with Crippen LogP contribution in [0.3, 0.4) is 0 Å². The number of carbonyl (C=O) groups excluding carboxylic acids is 2. The average Bonchev–Trinajstić information content (AvgIpc) is 2.91. The number of nitrogens with zero attached hydrogens (tertiary/aromatic N) is 3. The molecule has 0 unspecified atom stereocenters. The van der Waals surface area contributed by atoms with Crippen LogP contribution in [-0.4, -0.2) is 95.8 Å². The molecule has 2 aromatic rings. The lowest BCUT2D eigenvalue weighted by Crippen LogP contribution is -2.71. The summed E-state index contributed by atoms with van der Waals surface area (Å²) in [4.78, 5) is 41.4. The monoisotopic (exact) mass is 523 g/mol. The Morgan fingerprint density at radius 3 is 2.38 bits per heavy atom. The van der Waals surface area contributed by atoms with Gasteiger partial charge in [0.05, 0.1) is 33.2 Å². The Labute approximate surface area is 220 Å². The van der Waals surface area contributed by atoms with E-state index in [2.05, 4.69) is 29.4 Å². The standard InChI is InChI=1S/C27H30N4O5S/c1-31(14-12-29(13-15-31)20-8-4-2-5-9-20)16-19-18-37-26-23(25(33)30(26)24(19)27(34)35)28-22(32)17-36-21-10-6-3-7-11-21/h2-11,23,26H,12-18H2,1H3,(H-,28,32,34,35)/p+1/t23-,26-/m1/s1. The van der Waals surface area contributed by atoms with E-state index >= 15 is 0 Å². The number of carboxylic acid groups (broad SMARTS) is 1. The maximum Gasteiger partial charge on any atom is 0.352 e. The van der Waals surface area contributed by atoms with E-state index in [4.69, 9.17) is 4.74 Å². The van der Waals surface area contributed by atoms with Crippen LogP contribution in [0, 0.1) is 0 Å². The third-order valence-electron chi connectivity index (χ3n) is 7.19. The number of para-hydroxylation sites is 2. The molecule has 10 heteroatoms. The SMILES string of the molecule is C[N+]1(CC2=C(C(=O)O)N3C(=O)[C@@H](NC(=O)COc4ccccc4)[C@H]3SC2)CCN(c2ccccc2)CC1. The molecule has 194 valence electrons. The minimum absolute atomic E-state index is 0.0737. The first-order chi connectivity index (χ1) is 17.8. The van der Waals surface area contributed by atoms with E-state index < -0.39 is 29.2 Å². The normalized spacial score (nSPS) is 22.7. The van der Waals surface area contributed by atoms with Crippen LogP contribution in [0.2, 0.25) is 0 Å². The predicted molar refractivity (Wildman–Crippen MR) is 141 cm³/mol. The second kappa shape index (κ2) is 10.5. The number of ether oxygens (including phenoxy) is 1. The molecule has 2 aromatic carbocycles. The number of hydrogen-bond donors (Lipinski definition) is 2. The van der Waals surface area contributed by atoms with Crippen molar-refractivity contribution in [1.82, 2.24) is 10.2 Å². The maximum absolute atomic E-state index is 13.0. The Hall–Kier alpha value is -3.50. The number of hydrogen-bond acceptors (Lipinski definition) is 6. The number of likely N-dealkylation sites (N-methyl/N-ethyl adjacent to an activating group) is 1. The summed E-state index contributed by atoms with van der Waals surface area (Å²) < 4.78 is 6.19. The minimum atomic E-state index is -1.10. The van der Waals surface area contributed by atoms with Crippen LogP contribution in [0.1, 0.15) is 0 Å². The first-order valence-corrected chi connectivity index (χ1v) is 13.4. The molecule has 0 bridgehead atoms. The van der Waals surface area contributed by atoms with Gasteiger partial charge < -0.3 is 24.5 Å². The number of β-lactam (4-membered cyclic amide) rings is 1. The summed E-state index contributed by atoms with van der Waals surface area (Å²) in [5.74, 6) is -0.826. The molecule has 2 N–H and O–H groups in total. The summed E-state index contributed by atoms with van der Waals surface area (Å²) in [6, 6.07) is 18.5. The van der Waals surface area contributed by atoms with E-state index in [0.29, 0.717) is 18.0 Å². The fourth-order valence-corrected chi connectivity index (χ4v) is 6.48. The molecule has 3 heterocycles. The van der Waals surface area contributed by atoms with E-state index in [1.807, 2.05) is 36.4 Å². The number of rotatable bonds is 8. The number of piperazine rings is 1. The molecule has 2 saturated heterocycles. The van der Waals surface area contributed by atoms with Crippen LogP contribution >= 0.6 is 11.8 Å². The highest BCUT2D eigenvalue weighted by Gasteiger charge is 2.54. The molecule has 5 rings (SSSR count). The number of aliphatic carboxylic acids is 1. The lowest BCUT2D eigenvalue weighted by atomic mass is 10.0. The van der Waals surface area contributed by atoms with Gasteiger partial charge in [0.2, 0.25) is 0 Å². The second-order valence-corrected chi connectivity index (χ2v) is 11.0. The third kappa shape index (κ3) is 5.30. The van der Waals surface area contributed by atoms with E-state index in [0.717, 1.165) is 36.2 Å². The molecule has 0 saturated carbocycles. The zero-order valence-electron chi connectivity index (χ0n) is 20.7. The van der Waals surface area contributed by atoms with Crippen LogP contribution in [0.5, 0.6) is 5.75 Å². The number of amides is 2. The molecular formula is C27H31N4O5S+. The van der Waals surface area contributed by atoms with Gasteiger partial charge in [-0.1, -0.05) is 36.4 Å². The molecule has 3 aliphatic rings. The topological polar surface area (TPSA) is 99.2 Å². The first kappa shape index (κ1) is 25.2. The Morgan fingerprint density at radius 2 is 1.73 bits per heavy atom. The summed E-state index contributed by atoms with van der Waals surface area (Å²) in [5, 5.41) is 12.3. The molecule has 9 nitrogen and oxygen atoms in total. The maximum atomic E-state index is 13.0. The molecule has 2 fully saturated rings. The molecule has 0 aliphatic carbocycles. The number of anilines is 1. The van der Waals surface area contributed by atoms with Crippen molar-refractivity contribution in [3.63, 3.8) is 0 Å². The van der Waals surface area contributed by atoms with Gasteiger partial charge in [-0.05, 0) is 24.3 Å². The lowest BCUT2D eigenvalue weighted by molar-refractivity contribution is -0.905. The van der Waals surface area contributed by atoms with Crippen LogP contribution in [0.25, 0.3) is 0 Å². The number of carbonyl (C=O) groups is 3. The summed E-state index contributed by atoms with van der Waals surface area (Å²) in [7, 11) is 2.15. The minimum Gasteiger partial charge on any atom is -0.484 e. The van der Waals surface area contributed by atoms with E-state index in [9.17, 15) is 19.5 Å². The number of fused-ring (bicyclic) bond motifs is 1. The van der Waals surface area contributed by atoms with Gasteiger partial charge in [0.15, 0.2) is 6.61 Å². The van der Waals surface area contributed by atoms with Crippen molar-refractivity contribution in [2.75, 3.05) is 57.0 Å². The van der Waals surface area contributed by atoms with Gasteiger partial charge in [-0.15, -0.1) is 11.8 Å². The fourth-order valence-electron chi connectivity index (χ4n) is 5.15. The van der Waals surface area contributed by atoms with Crippen molar-refractivity contribution in [1.29, 1.82) is 0 Å². The van der Waals surface area contributed by atoms with Crippen LogP contribution in [0.15, 0.2) is 71.9 Å². The van der Waals surface area contributed by atoms with Crippen molar-refractivity contribution in [3.05, 3.63) is 71.9 Å². The number of benzene rings is 2. The van der Waals surface area contributed by atoms with Crippen molar-refractivity contribution >= 4 is 35.2 Å². The molecule has 0 spiro atoms. The van der Waals surface area contributed by atoms with Gasteiger partial charge in [0.1, 0.15) is 29.4 Å². The van der Waals surface area contributed by atoms with Gasteiger partial charge in [0, 0.05) is 17.0 Å². The predicted octanol–water partition coefficient (Wildman–Crippen LogP) is 1.77. The zero-order valence-corrected chi connectivity index (χ0v) is 21.5. The quantitative estimate of drug-likeness (QED) is 0.402. The van der Waals surface area contributed by atoms with Crippen molar-refractivity contribution in [3.8, 4) is 5.75 Å². The molecule has 3 aliphatic heterocycles. The van der Waals surface area contributed by atoms with Crippen molar-refractivity contribution in [2.45, 2.75) is 11.4 Å². The van der Waals surface area contributed by atoms with Crippen LogP contribution < -0.4 is 15.0 Å². The Balaban J connectivity index is 1.21. The van der Waals surface area contributed by atoms with Crippen molar-refractivity contribution < 1.29 is 28.7 Å². The van der Waals surface area contributed by atoms with Crippen LogP contribution in [0.4, 0.5) is 5.69 Å². The van der Waals surface area contributed by atoms with E-state index in [-0.39, 0.29) is 12.3 Å². The third-order valence-corrected chi connectivity index (χ3v) is 8.53. The molecular weight excluding hydrogens is 492 g/mol. The van der Waals surface area contributed by atoms with Gasteiger partial charge in [-0.2, -0.15) is 0 Å². The van der Waals surface area contributed by atoms with Gasteiger partial charge in [-0.3, -0.25) is 14.5 Å². The van der Waals surface area contributed by atoms with Gasteiger partial charge in [0.25, 0.3) is 11.8 Å². The Bertz CT molecular complexity index is 1200. The highest BCUT2D eigenvalue weighted by Crippen LogP contribution is 2.41. The fraction of sp³-hybridized carbons (Fsp3) is 0.370. The van der Waals surface area contributed by atoms with Crippen LogP contribution in [-0.2, 0) is 14.4 Å². The molecule has 37 heavy (non-hydrogen) atoms. The molecule has 2 amide bonds. The summed E-state index contributed by atoms with van der Waals surface area (Å²) in [5.41, 5.74) is 2.04. The smallest absolute Gasteiger partial charge is 0.352 e. The first-order valence-electron chi connectivity index (χ1n) is 12.4. The highest BCUT2D eigenvalue weighted by atomic mass is 32.2. The van der Waals surface area contributed by atoms with Crippen molar-refractivity contribution in [2.24, 2.45) is 0 Å². The van der Waals surface area contributed by atoms with E-state index in [1.54, 1.807) is 12.1 Å². The molecule has 0 aromatic heterocycles. The van der Waals surface area contributed by atoms with Gasteiger partial charge in [-0.25, -0.2) is 4.79 Å². The number of thioether (sulfide) groups is 1. The number of carboxylic acids is 1. The second-order valence-electron chi connectivity index (χ2n) is 9.86. The Morgan fingerprint density at radius 1 is 1.08 bits per heavy atom. The lowest BCUT2D eigenvalue weighted by Gasteiger charge is -2.50. The van der Waals surface area contributed by atoms with Gasteiger partial charge >= 0.3 is 5.97 Å². The largest absolute Gasteiger partial charge is 0.484 e. The summed E-state index contributed by atoms with van der Waals surface area (Å²) in [6.45, 7) is 3.89. The summed E-state index contributed by atoms with van der Waals surface area (Å²) in [6.07, 6.45) is 0. The van der Waals surface area contributed by atoms with E-state index in [1.165, 1.54) is 22.3 Å². The summed E-state index contributed by atoms with van der Waals surface area (Å²) >= 11 is 1.50. The zero-order chi connectivity index (χ0) is 26.0. The highest BCUT2D eigenvalue weighted by molar-refractivity contribution is 8.00. The molecule has 0 radical (unpaired) electrons. The average molecular weight is 524 g/mol.